The van der Waals surface area contributed by atoms with Crippen molar-refractivity contribution in [3.05, 3.63) is 60.3 Å². The molecule has 1 unspecified atom stereocenters. The van der Waals surface area contributed by atoms with Crippen LogP contribution < -0.4 is 0 Å². The molecule has 4 heteroatoms. The maximum absolute atomic E-state index is 12.8. The molecule has 0 saturated heterocycles. The van der Waals surface area contributed by atoms with E-state index in [0.29, 0.717) is 0 Å². The molecule has 0 spiro atoms. The quantitative estimate of drug-likeness (QED) is 0.761. The predicted molar refractivity (Wildman–Crippen MR) is 87.2 cm³/mol. The van der Waals surface area contributed by atoms with Crippen molar-refractivity contribution in [1.29, 1.82) is 0 Å². The second-order valence-electron chi connectivity index (χ2n) is 4.59. The summed E-state index contributed by atoms with van der Waals surface area (Å²) in [7, 11) is 0. The first-order valence-corrected chi connectivity index (χ1v) is 8.05. The lowest BCUT2D eigenvalue weighted by atomic mass is 10.1. The fraction of sp³-hybridized carbons (Fsp3) is 0.294. The zero-order valence-corrected chi connectivity index (χ0v) is 13.2. The van der Waals surface area contributed by atoms with Crippen molar-refractivity contribution in [2.24, 2.45) is 0 Å². The Kier molecular flexibility index (Phi) is 5.81. The number of carbonyl (C=O) groups is 1. The third-order valence-electron chi connectivity index (χ3n) is 3.28. The largest absolute Gasteiger partial charge is 0.342 e. The average Bonchev–Trinajstić information content (AvgIpc) is 2.55. The van der Waals surface area contributed by atoms with Crippen molar-refractivity contribution < 1.29 is 4.79 Å². The van der Waals surface area contributed by atoms with E-state index in [2.05, 4.69) is 4.98 Å². The number of hydrogen-bond donors (Lipinski definition) is 0. The molecule has 2 aromatic rings. The van der Waals surface area contributed by atoms with Gasteiger partial charge in [-0.1, -0.05) is 48.2 Å². The predicted octanol–water partition coefficient (Wildman–Crippen LogP) is 3.78. The fourth-order valence-corrected chi connectivity index (χ4v) is 3.19. The Morgan fingerprint density at radius 1 is 1.10 bits per heavy atom. The van der Waals surface area contributed by atoms with E-state index in [1.807, 2.05) is 67.3 Å². The Bertz CT molecular complexity index is 556. The molecule has 1 atom stereocenters. The summed E-state index contributed by atoms with van der Waals surface area (Å²) < 4.78 is 0. The lowest BCUT2D eigenvalue weighted by molar-refractivity contribution is -0.130. The van der Waals surface area contributed by atoms with Gasteiger partial charge in [0.05, 0.1) is 5.03 Å². The molecule has 110 valence electrons. The molecule has 0 aliphatic heterocycles. The highest BCUT2D eigenvalue weighted by Crippen LogP contribution is 2.35. The van der Waals surface area contributed by atoms with Crippen LogP contribution in [0.1, 0.15) is 24.7 Å². The van der Waals surface area contributed by atoms with Crippen LogP contribution in [0.25, 0.3) is 0 Å². The number of carbonyl (C=O) groups excluding carboxylic acids is 1. The van der Waals surface area contributed by atoms with Gasteiger partial charge in [-0.2, -0.15) is 0 Å². The van der Waals surface area contributed by atoms with Crippen LogP contribution in [0.3, 0.4) is 0 Å². The summed E-state index contributed by atoms with van der Waals surface area (Å²) in [5.74, 6) is 0.141. The fourth-order valence-electron chi connectivity index (χ4n) is 2.13. The number of pyridine rings is 1. The number of thioether (sulfide) groups is 1. The first-order valence-electron chi connectivity index (χ1n) is 7.17. The Balaban J connectivity index is 2.29. The Hall–Kier alpha value is -1.81. The maximum atomic E-state index is 12.8. The van der Waals surface area contributed by atoms with Crippen molar-refractivity contribution in [2.75, 3.05) is 13.1 Å². The summed E-state index contributed by atoms with van der Waals surface area (Å²) in [6.45, 7) is 5.46. The van der Waals surface area contributed by atoms with Crippen LogP contribution in [-0.2, 0) is 4.79 Å². The molecule has 1 amide bonds. The highest BCUT2D eigenvalue weighted by molar-refractivity contribution is 8.00. The SMILES string of the molecule is CCN(CC)C(=O)C(Sc1ccccn1)c1ccccc1. The molecule has 0 aliphatic carbocycles. The average molecular weight is 300 g/mol. The first kappa shape index (κ1) is 15.6. The molecule has 2 rings (SSSR count). The molecule has 3 nitrogen and oxygen atoms in total. The van der Waals surface area contributed by atoms with E-state index in [1.165, 1.54) is 11.8 Å². The second-order valence-corrected chi connectivity index (χ2v) is 5.71. The number of amides is 1. The van der Waals surface area contributed by atoms with Crippen LogP contribution >= 0.6 is 11.8 Å². The Morgan fingerprint density at radius 3 is 2.33 bits per heavy atom. The molecule has 1 aromatic heterocycles. The lowest BCUT2D eigenvalue weighted by Gasteiger charge is -2.25. The molecule has 0 radical (unpaired) electrons. The van der Waals surface area contributed by atoms with Crippen molar-refractivity contribution in [3.63, 3.8) is 0 Å². The van der Waals surface area contributed by atoms with Crippen LogP contribution in [0, 0.1) is 0 Å². The molecular weight excluding hydrogens is 280 g/mol. The second kappa shape index (κ2) is 7.84. The molecule has 1 heterocycles. The Morgan fingerprint density at radius 2 is 1.76 bits per heavy atom. The van der Waals surface area contributed by atoms with E-state index in [1.54, 1.807) is 6.20 Å². The zero-order valence-electron chi connectivity index (χ0n) is 12.4. The van der Waals surface area contributed by atoms with Crippen LogP contribution in [0.5, 0.6) is 0 Å². The lowest BCUT2D eigenvalue weighted by Crippen LogP contribution is -2.33. The van der Waals surface area contributed by atoms with Gasteiger partial charge in [-0.15, -0.1) is 0 Å². The summed E-state index contributed by atoms with van der Waals surface area (Å²) in [5, 5.41) is 0.618. The minimum Gasteiger partial charge on any atom is -0.342 e. The smallest absolute Gasteiger partial charge is 0.240 e. The number of likely N-dealkylation sites (N-methyl/N-ethyl adjacent to an activating group) is 1. The summed E-state index contributed by atoms with van der Waals surface area (Å²) >= 11 is 1.51. The van der Waals surface area contributed by atoms with Crippen LogP contribution in [0.2, 0.25) is 0 Å². The number of aromatic nitrogens is 1. The third-order valence-corrected chi connectivity index (χ3v) is 4.47. The van der Waals surface area contributed by atoms with Crippen LogP contribution in [0.4, 0.5) is 0 Å². The molecule has 0 aliphatic rings. The molecular formula is C17H20N2OS. The Labute approximate surface area is 130 Å². The molecule has 21 heavy (non-hydrogen) atoms. The highest BCUT2D eigenvalue weighted by Gasteiger charge is 2.25. The van der Waals surface area contributed by atoms with Gasteiger partial charge in [-0.25, -0.2) is 4.98 Å². The van der Waals surface area contributed by atoms with Gasteiger partial charge in [0.2, 0.25) is 5.91 Å². The van der Waals surface area contributed by atoms with Gasteiger partial charge in [0.1, 0.15) is 5.25 Å². The normalized spacial score (nSPS) is 11.9. The summed E-state index contributed by atoms with van der Waals surface area (Å²) in [6, 6.07) is 15.7. The summed E-state index contributed by atoms with van der Waals surface area (Å²) in [5.41, 5.74) is 1.02. The van der Waals surface area contributed by atoms with Crippen molar-refractivity contribution in [1.82, 2.24) is 9.88 Å². The van der Waals surface area contributed by atoms with Crippen molar-refractivity contribution >= 4 is 17.7 Å². The molecule has 0 saturated carbocycles. The topological polar surface area (TPSA) is 33.2 Å². The molecule has 0 N–H and O–H groups in total. The number of benzene rings is 1. The van der Waals surface area contributed by atoms with Crippen LogP contribution in [-0.4, -0.2) is 28.9 Å². The highest BCUT2D eigenvalue weighted by atomic mass is 32.2. The van der Waals surface area contributed by atoms with E-state index >= 15 is 0 Å². The summed E-state index contributed by atoms with van der Waals surface area (Å²) in [4.78, 5) is 19.0. The maximum Gasteiger partial charge on any atom is 0.240 e. The van der Waals surface area contributed by atoms with Gasteiger partial charge in [0, 0.05) is 19.3 Å². The van der Waals surface area contributed by atoms with Gasteiger partial charge in [-0.3, -0.25) is 4.79 Å². The van der Waals surface area contributed by atoms with E-state index in [-0.39, 0.29) is 11.2 Å². The minimum absolute atomic E-state index is 0.141. The van der Waals surface area contributed by atoms with E-state index < -0.39 is 0 Å². The molecule has 0 bridgehead atoms. The third kappa shape index (κ3) is 4.08. The monoisotopic (exact) mass is 300 g/mol. The molecule has 1 aromatic carbocycles. The number of hydrogen-bond acceptors (Lipinski definition) is 3. The van der Waals surface area contributed by atoms with E-state index in [4.69, 9.17) is 0 Å². The zero-order chi connectivity index (χ0) is 15.1. The van der Waals surface area contributed by atoms with Gasteiger partial charge in [0.15, 0.2) is 0 Å². The van der Waals surface area contributed by atoms with Crippen molar-refractivity contribution in [3.8, 4) is 0 Å². The van der Waals surface area contributed by atoms with E-state index in [9.17, 15) is 4.79 Å². The van der Waals surface area contributed by atoms with Gasteiger partial charge in [0.25, 0.3) is 0 Å². The standard InChI is InChI=1S/C17H20N2OS/c1-3-19(4-2)17(20)16(14-10-6-5-7-11-14)21-15-12-8-9-13-18-15/h5-13,16H,3-4H2,1-2H3. The minimum atomic E-state index is -0.249. The molecule has 0 fully saturated rings. The van der Waals surface area contributed by atoms with Gasteiger partial charge >= 0.3 is 0 Å². The van der Waals surface area contributed by atoms with Crippen LogP contribution in [0.15, 0.2) is 59.8 Å². The van der Waals surface area contributed by atoms with E-state index in [0.717, 1.165) is 23.7 Å². The van der Waals surface area contributed by atoms with Gasteiger partial charge < -0.3 is 4.90 Å². The number of nitrogens with zero attached hydrogens (tertiary/aromatic N) is 2. The summed E-state index contributed by atoms with van der Waals surface area (Å²) in [6.07, 6.45) is 1.76. The van der Waals surface area contributed by atoms with Crippen molar-refractivity contribution in [2.45, 2.75) is 24.1 Å². The number of rotatable bonds is 6. The first-order chi connectivity index (χ1) is 10.3. The van der Waals surface area contributed by atoms with Gasteiger partial charge in [-0.05, 0) is 31.5 Å².